The van der Waals surface area contributed by atoms with Crippen LogP contribution in [0.2, 0.25) is 0 Å². The maximum Gasteiger partial charge on any atom is 1.00 e. The van der Waals surface area contributed by atoms with Crippen molar-refractivity contribution in [2.45, 2.75) is 0 Å². The van der Waals surface area contributed by atoms with Crippen molar-refractivity contribution in [3.8, 4) is 0 Å². The second-order valence-corrected chi connectivity index (χ2v) is 0.0816. The Hall–Kier alpha value is 1.04. The van der Waals surface area contributed by atoms with Crippen LogP contribution < -0.4 is 51.4 Å². The zero-order valence-corrected chi connectivity index (χ0v) is 5.43. The quantitative estimate of drug-likeness (QED) is 0.196. The van der Waals surface area contributed by atoms with Crippen molar-refractivity contribution in [1.29, 1.82) is 0 Å². The molecular formula is HKNO2+. The Balaban J connectivity index is 0. The van der Waals surface area contributed by atoms with Gasteiger partial charge in [-0.1, -0.05) is 0 Å². The van der Waals surface area contributed by atoms with Gasteiger partial charge in [-0.15, -0.1) is 4.91 Å². The maximum atomic E-state index is 8.11. The van der Waals surface area contributed by atoms with E-state index in [0.29, 0.717) is 0 Å². The molecule has 3 nitrogen and oxygen atoms in total. The van der Waals surface area contributed by atoms with Crippen molar-refractivity contribution in [1.82, 2.24) is 0 Å². The van der Waals surface area contributed by atoms with E-state index in [-0.39, 0.29) is 51.4 Å². The van der Waals surface area contributed by atoms with Crippen LogP contribution in [0, 0.1) is 4.91 Å². The molecule has 0 aliphatic rings. The predicted octanol–water partition coefficient (Wildman–Crippen LogP) is -2.85. The summed E-state index contributed by atoms with van der Waals surface area (Å²) in [4.78, 5) is 8.11. The van der Waals surface area contributed by atoms with Gasteiger partial charge in [0.15, 0.2) is 5.34 Å². The first kappa shape index (κ1) is 8.90. The van der Waals surface area contributed by atoms with Gasteiger partial charge in [0.1, 0.15) is 0 Å². The maximum absolute atomic E-state index is 8.11. The number of hydrogen-bond donors (Lipinski definition) is 1. The molecule has 0 saturated carbocycles. The first-order valence-corrected chi connectivity index (χ1v) is 0.383. The van der Waals surface area contributed by atoms with E-state index >= 15 is 0 Å². The van der Waals surface area contributed by atoms with E-state index in [9.17, 15) is 0 Å². The summed E-state index contributed by atoms with van der Waals surface area (Å²) >= 11 is 0. The molecule has 0 spiro atoms. The van der Waals surface area contributed by atoms with Gasteiger partial charge < -0.3 is 5.21 Å². The third-order valence-corrected chi connectivity index (χ3v) is 0. The van der Waals surface area contributed by atoms with Crippen LogP contribution in [0.25, 0.3) is 0 Å². The standard InChI is InChI=1S/K.HNO2/c;2-1-3/h;(H,2,3)/q+1;. The summed E-state index contributed by atoms with van der Waals surface area (Å²) in [6, 6.07) is 0. The topological polar surface area (TPSA) is 49.7 Å². The van der Waals surface area contributed by atoms with Crippen LogP contribution in [0.5, 0.6) is 0 Å². The van der Waals surface area contributed by atoms with Crippen LogP contribution in [0.15, 0.2) is 5.34 Å². The third kappa shape index (κ3) is 11.7. The average molecular weight is 86.1 g/mol. The molecule has 0 unspecified atom stereocenters. The molecule has 0 radical (unpaired) electrons. The molecule has 0 heterocycles. The van der Waals surface area contributed by atoms with Crippen LogP contribution >= 0.6 is 0 Å². The normalized spacial score (nSPS) is 3.00. The molecule has 0 aromatic carbocycles. The Morgan fingerprint density at radius 1 is 1.75 bits per heavy atom. The van der Waals surface area contributed by atoms with Gasteiger partial charge in [-0.25, -0.2) is 0 Å². The molecule has 4 heavy (non-hydrogen) atoms. The predicted molar refractivity (Wildman–Crippen MR) is 7.58 cm³/mol. The third-order valence-electron chi connectivity index (χ3n) is 0. The fourth-order valence-electron chi connectivity index (χ4n) is 0. The summed E-state index contributed by atoms with van der Waals surface area (Å²) in [5.74, 6) is 0. The average Bonchev–Trinajstić information content (AvgIpc) is 0.918. The van der Waals surface area contributed by atoms with Crippen LogP contribution in [-0.2, 0) is 0 Å². The van der Waals surface area contributed by atoms with E-state index in [2.05, 4.69) is 0 Å². The van der Waals surface area contributed by atoms with Crippen LogP contribution in [0.1, 0.15) is 0 Å². The molecule has 0 bridgehead atoms. The number of hydrogen-bond acceptors (Lipinski definition) is 2. The molecule has 0 aromatic heterocycles. The molecule has 0 atom stereocenters. The van der Waals surface area contributed by atoms with Crippen LogP contribution in [0.4, 0.5) is 0 Å². The molecule has 1 N–H and O–H groups in total. The molecule has 0 aromatic rings. The first-order chi connectivity index (χ1) is 1.41. The minimum Gasteiger partial charge on any atom is -0.379 e. The van der Waals surface area contributed by atoms with Gasteiger partial charge in [-0.2, -0.15) is 0 Å². The van der Waals surface area contributed by atoms with Crippen molar-refractivity contribution in [2.75, 3.05) is 0 Å². The molecule has 0 saturated heterocycles. The molecule has 0 fully saturated rings. The van der Waals surface area contributed by atoms with Gasteiger partial charge >= 0.3 is 51.4 Å². The Labute approximate surface area is 65.7 Å². The summed E-state index contributed by atoms with van der Waals surface area (Å²) in [6.45, 7) is 0. The second-order valence-electron chi connectivity index (χ2n) is 0.0816. The summed E-state index contributed by atoms with van der Waals surface area (Å²) in [6.07, 6.45) is 0. The van der Waals surface area contributed by atoms with Crippen molar-refractivity contribution >= 4 is 0 Å². The number of rotatable bonds is 0. The largest absolute Gasteiger partial charge is 1.00 e. The molecule has 0 rings (SSSR count). The van der Waals surface area contributed by atoms with Gasteiger partial charge in [0.25, 0.3) is 0 Å². The first-order valence-electron chi connectivity index (χ1n) is 0.383. The van der Waals surface area contributed by atoms with Crippen molar-refractivity contribution in [2.24, 2.45) is 5.34 Å². The molecule has 0 aliphatic heterocycles. The Morgan fingerprint density at radius 2 is 1.75 bits per heavy atom. The van der Waals surface area contributed by atoms with E-state index in [1.54, 1.807) is 0 Å². The number of nitrogens with zero attached hydrogens (tertiary/aromatic N) is 1. The minimum absolute atomic E-state index is 0. The summed E-state index contributed by atoms with van der Waals surface area (Å²) in [7, 11) is 0. The SMILES string of the molecule is O=NO.[K+]. The summed E-state index contributed by atoms with van der Waals surface area (Å²) in [5.41, 5.74) is 0. The minimum atomic E-state index is 0. The smallest absolute Gasteiger partial charge is 0.379 e. The second kappa shape index (κ2) is 8.97. The van der Waals surface area contributed by atoms with Crippen LogP contribution in [-0.4, -0.2) is 5.21 Å². The van der Waals surface area contributed by atoms with Gasteiger partial charge in [0.05, 0.1) is 0 Å². The molecular weight excluding hydrogens is 85.1 g/mol. The van der Waals surface area contributed by atoms with E-state index in [1.807, 2.05) is 0 Å². The van der Waals surface area contributed by atoms with Gasteiger partial charge in [-0.05, 0) is 0 Å². The van der Waals surface area contributed by atoms with Gasteiger partial charge in [0, 0.05) is 0 Å². The van der Waals surface area contributed by atoms with E-state index in [4.69, 9.17) is 10.1 Å². The Morgan fingerprint density at radius 3 is 1.75 bits per heavy atom. The van der Waals surface area contributed by atoms with Crippen molar-refractivity contribution in [3.05, 3.63) is 4.91 Å². The molecule has 0 aliphatic carbocycles. The van der Waals surface area contributed by atoms with E-state index in [0.717, 1.165) is 0 Å². The Bertz CT molecular complexity index is 13.5. The van der Waals surface area contributed by atoms with E-state index < -0.39 is 0 Å². The summed E-state index contributed by atoms with van der Waals surface area (Å²) < 4.78 is 0. The van der Waals surface area contributed by atoms with Crippen molar-refractivity contribution in [3.63, 3.8) is 0 Å². The van der Waals surface area contributed by atoms with Gasteiger partial charge in [0.2, 0.25) is 0 Å². The fraction of sp³-hybridized carbons (Fsp3) is 0. The monoisotopic (exact) mass is 86.0 g/mol. The van der Waals surface area contributed by atoms with E-state index in [1.165, 1.54) is 5.34 Å². The molecule has 18 valence electrons. The van der Waals surface area contributed by atoms with Crippen molar-refractivity contribution < 1.29 is 56.6 Å². The summed E-state index contributed by atoms with van der Waals surface area (Å²) in [5, 5.41) is 7.89. The zero-order chi connectivity index (χ0) is 2.71. The van der Waals surface area contributed by atoms with Gasteiger partial charge in [-0.3, -0.25) is 0 Å². The fourth-order valence-corrected chi connectivity index (χ4v) is 0. The van der Waals surface area contributed by atoms with Crippen LogP contribution in [0.3, 0.4) is 0 Å². The molecule has 4 heteroatoms. The zero-order valence-electron chi connectivity index (χ0n) is 2.30. The Kier molecular flexibility index (Phi) is 20.0. The molecule has 0 amide bonds.